The van der Waals surface area contributed by atoms with Crippen molar-refractivity contribution >= 4 is 23.7 Å². The SMILES string of the molecule is Cl.NCCCC[C@H](N)c1ccsc1. The molecule has 0 bridgehead atoms. The van der Waals surface area contributed by atoms with Crippen molar-refractivity contribution in [3.8, 4) is 0 Å². The Bertz CT molecular complexity index is 201. The second-order valence-corrected chi connectivity index (χ2v) is 3.73. The van der Waals surface area contributed by atoms with Gasteiger partial charge in [0.15, 0.2) is 0 Å². The minimum absolute atomic E-state index is 0. The van der Waals surface area contributed by atoms with Crippen LogP contribution in [0.15, 0.2) is 16.8 Å². The molecular weight excluding hydrogens is 204 g/mol. The summed E-state index contributed by atoms with van der Waals surface area (Å²) in [5.41, 5.74) is 12.6. The summed E-state index contributed by atoms with van der Waals surface area (Å²) in [6, 6.07) is 2.31. The van der Waals surface area contributed by atoms with Crippen molar-refractivity contribution in [1.29, 1.82) is 0 Å². The van der Waals surface area contributed by atoms with Gasteiger partial charge in [-0.3, -0.25) is 0 Å². The summed E-state index contributed by atoms with van der Waals surface area (Å²) < 4.78 is 0. The van der Waals surface area contributed by atoms with Gasteiger partial charge in [0.1, 0.15) is 0 Å². The Balaban J connectivity index is 0.00000144. The molecule has 4 heteroatoms. The highest BCUT2D eigenvalue weighted by Crippen LogP contribution is 2.18. The van der Waals surface area contributed by atoms with Crippen LogP contribution in [0.25, 0.3) is 0 Å². The molecule has 0 unspecified atom stereocenters. The molecule has 0 aliphatic rings. The molecule has 0 aliphatic carbocycles. The fraction of sp³-hybridized carbons (Fsp3) is 0.556. The average molecular weight is 221 g/mol. The summed E-state index contributed by atoms with van der Waals surface area (Å²) in [5, 5.41) is 4.19. The number of nitrogens with two attached hydrogens (primary N) is 2. The molecule has 76 valence electrons. The molecule has 1 heterocycles. The van der Waals surface area contributed by atoms with E-state index in [-0.39, 0.29) is 18.4 Å². The largest absolute Gasteiger partial charge is 0.330 e. The standard InChI is InChI=1S/C9H16N2S.ClH/c10-5-2-1-3-9(11)8-4-6-12-7-8;/h4,6-7,9H,1-3,5,10-11H2;1H/t9-;/m0./s1. The summed E-state index contributed by atoms with van der Waals surface area (Å²) in [7, 11) is 0. The number of thiophene rings is 1. The van der Waals surface area contributed by atoms with Gasteiger partial charge in [-0.05, 0) is 41.8 Å². The van der Waals surface area contributed by atoms with E-state index in [1.54, 1.807) is 11.3 Å². The van der Waals surface area contributed by atoms with Gasteiger partial charge in [0.05, 0.1) is 0 Å². The minimum Gasteiger partial charge on any atom is -0.330 e. The first kappa shape index (κ1) is 12.9. The zero-order chi connectivity index (χ0) is 8.81. The van der Waals surface area contributed by atoms with Crippen molar-refractivity contribution in [1.82, 2.24) is 0 Å². The van der Waals surface area contributed by atoms with E-state index in [1.807, 2.05) is 0 Å². The summed E-state index contributed by atoms with van der Waals surface area (Å²) in [5.74, 6) is 0. The van der Waals surface area contributed by atoms with Crippen molar-refractivity contribution in [3.63, 3.8) is 0 Å². The van der Waals surface area contributed by atoms with Crippen LogP contribution in [0.3, 0.4) is 0 Å². The molecule has 0 aromatic carbocycles. The first-order chi connectivity index (χ1) is 5.84. The molecule has 0 saturated heterocycles. The van der Waals surface area contributed by atoms with Crippen LogP contribution in [-0.2, 0) is 0 Å². The van der Waals surface area contributed by atoms with Crippen LogP contribution in [0, 0.1) is 0 Å². The van der Waals surface area contributed by atoms with Crippen LogP contribution in [-0.4, -0.2) is 6.54 Å². The lowest BCUT2D eigenvalue weighted by molar-refractivity contribution is 0.592. The van der Waals surface area contributed by atoms with Gasteiger partial charge in [0.2, 0.25) is 0 Å². The zero-order valence-corrected chi connectivity index (χ0v) is 9.24. The van der Waals surface area contributed by atoms with Crippen molar-refractivity contribution in [2.45, 2.75) is 25.3 Å². The molecule has 0 spiro atoms. The molecule has 2 nitrogen and oxygen atoms in total. The van der Waals surface area contributed by atoms with E-state index in [0.717, 1.165) is 25.8 Å². The Morgan fingerprint density at radius 3 is 2.69 bits per heavy atom. The van der Waals surface area contributed by atoms with Gasteiger partial charge in [-0.1, -0.05) is 6.42 Å². The van der Waals surface area contributed by atoms with Gasteiger partial charge in [-0.25, -0.2) is 0 Å². The third-order valence-electron chi connectivity index (χ3n) is 1.94. The smallest absolute Gasteiger partial charge is 0.0303 e. The fourth-order valence-corrected chi connectivity index (χ4v) is 1.89. The molecular formula is C9H17ClN2S. The van der Waals surface area contributed by atoms with Gasteiger partial charge in [-0.15, -0.1) is 12.4 Å². The second kappa shape index (κ2) is 7.33. The van der Waals surface area contributed by atoms with E-state index in [9.17, 15) is 0 Å². The predicted octanol–water partition coefficient (Wildman–Crippen LogP) is 2.30. The predicted molar refractivity (Wildman–Crippen MR) is 61.4 cm³/mol. The summed E-state index contributed by atoms with van der Waals surface area (Å²) in [6.07, 6.45) is 3.26. The fourth-order valence-electron chi connectivity index (χ4n) is 1.16. The molecule has 0 amide bonds. The number of hydrogen-bond donors (Lipinski definition) is 2. The van der Waals surface area contributed by atoms with Gasteiger partial charge >= 0.3 is 0 Å². The van der Waals surface area contributed by atoms with Crippen LogP contribution in [0.4, 0.5) is 0 Å². The molecule has 1 aromatic heterocycles. The Morgan fingerprint density at radius 1 is 1.38 bits per heavy atom. The van der Waals surface area contributed by atoms with Crippen LogP contribution in [0.5, 0.6) is 0 Å². The molecule has 1 aromatic rings. The molecule has 0 aliphatic heterocycles. The lowest BCUT2D eigenvalue weighted by atomic mass is 10.1. The van der Waals surface area contributed by atoms with E-state index >= 15 is 0 Å². The normalized spacial score (nSPS) is 12.2. The van der Waals surface area contributed by atoms with Crippen LogP contribution in [0.2, 0.25) is 0 Å². The van der Waals surface area contributed by atoms with Crippen molar-refractivity contribution in [2.24, 2.45) is 11.5 Å². The van der Waals surface area contributed by atoms with Crippen LogP contribution < -0.4 is 11.5 Å². The van der Waals surface area contributed by atoms with Crippen molar-refractivity contribution < 1.29 is 0 Å². The third kappa shape index (κ3) is 4.62. The maximum absolute atomic E-state index is 5.95. The van der Waals surface area contributed by atoms with Gasteiger partial charge in [-0.2, -0.15) is 11.3 Å². The minimum atomic E-state index is 0. The number of hydrogen-bond acceptors (Lipinski definition) is 3. The Kier molecular flexibility index (Phi) is 7.28. The summed E-state index contributed by atoms with van der Waals surface area (Å²) in [4.78, 5) is 0. The third-order valence-corrected chi connectivity index (χ3v) is 2.64. The maximum Gasteiger partial charge on any atom is 0.0303 e. The monoisotopic (exact) mass is 220 g/mol. The van der Waals surface area contributed by atoms with Crippen molar-refractivity contribution in [2.75, 3.05) is 6.54 Å². The topological polar surface area (TPSA) is 52.0 Å². The molecule has 0 radical (unpaired) electrons. The summed E-state index contributed by atoms with van der Waals surface area (Å²) in [6.45, 7) is 0.774. The van der Waals surface area contributed by atoms with E-state index in [0.29, 0.717) is 0 Å². The van der Waals surface area contributed by atoms with Crippen molar-refractivity contribution in [3.05, 3.63) is 22.4 Å². The van der Waals surface area contributed by atoms with E-state index in [4.69, 9.17) is 11.5 Å². The first-order valence-corrected chi connectivity index (χ1v) is 5.26. The van der Waals surface area contributed by atoms with Gasteiger partial charge in [0, 0.05) is 6.04 Å². The first-order valence-electron chi connectivity index (χ1n) is 4.32. The zero-order valence-electron chi connectivity index (χ0n) is 7.61. The van der Waals surface area contributed by atoms with Gasteiger partial charge < -0.3 is 11.5 Å². The van der Waals surface area contributed by atoms with Crippen LogP contribution in [0.1, 0.15) is 30.9 Å². The highest BCUT2D eigenvalue weighted by molar-refractivity contribution is 7.07. The summed E-state index contributed by atoms with van der Waals surface area (Å²) >= 11 is 1.70. The highest BCUT2D eigenvalue weighted by atomic mass is 35.5. The lowest BCUT2D eigenvalue weighted by Gasteiger charge is -2.08. The maximum atomic E-state index is 5.95. The number of rotatable bonds is 5. The quantitative estimate of drug-likeness (QED) is 0.749. The Morgan fingerprint density at radius 2 is 2.15 bits per heavy atom. The molecule has 1 atom stereocenters. The van der Waals surface area contributed by atoms with E-state index in [2.05, 4.69) is 16.8 Å². The molecule has 0 saturated carbocycles. The lowest BCUT2D eigenvalue weighted by Crippen LogP contribution is -2.09. The molecule has 13 heavy (non-hydrogen) atoms. The molecule has 4 N–H and O–H groups in total. The Hall–Kier alpha value is -0.0900. The molecule has 0 fully saturated rings. The average Bonchev–Trinajstić information content (AvgIpc) is 2.56. The van der Waals surface area contributed by atoms with E-state index < -0.39 is 0 Å². The van der Waals surface area contributed by atoms with Gasteiger partial charge in [0.25, 0.3) is 0 Å². The second-order valence-electron chi connectivity index (χ2n) is 2.95. The number of halogens is 1. The molecule has 1 rings (SSSR count). The van der Waals surface area contributed by atoms with E-state index in [1.165, 1.54) is 5.56 Å². The number of unbranched alkanes of at least 4 members (excludes halogenated alkanes) is 1. The highest BCUT2D eigenvalue weighted by Gasteiger charge is 2.04. The Labute approximate surface area is 89.7 Å². The van der Waals surface area contributed by atoms with Crippen LogP contribution >= 0.6 is 23.7 Å².